The van der Waals surface area contributed by atoms with Gasteiger partial charge in [-0.05, 0) is 12.8 Å². The summed E-state index contributed by atoms with van der Waals surface area (Å²) in [7, 11) is 0. The summed E-state index contributed by atoms with van der Waals surface area (Å²) in [5.74, 6) is 0.168. The van der Waals surface area contributed by atoms with Crippen LogP contribution >= 0.6 is 11.8 Å². The van der Waals surface area contributed by atoms with Crippen LogP contribution in [-0.4, -0.2) is 17.0 Å². The highest BCUT2D eigenvalue weighted by atomic mass is 32.2. The first kappa shape index (κ1) is 13.8. The van der Waals surface area contributed by atoms with E-state index in [0.717, 1.165) is 0 Å². The maximum Gasteiger partial charge on any atom is 0.441 e. The quantitative estimate of drug-likeness (QED) is 0.646. The normalized spacial score (nSPS) is 12.1. The molecule has 0 spiro atoms. The first-order valence-corrected chi connectivity index (χ1v) is 5.55. The minimum absolute atomic E-state index is 0.00901. The van der Waals surface area contributed by atoms with Crippen molar-refractivity contribution in [2.24, 2.45) is 5.92 Å². The van der Waals surface area contributed by atoms with Crippen LogP contribution < -0.4 is 0 Å². The summed E-state index contributed by atoms with van der Waals surface area (Å²) in [4.78, 5) is 11.1. The average molecular weight is 228 g/mol. The number of ketones is 1. The second-order valence-corrected chi connectivity index (χ2v) is 4.53. The van der Waals surface area contributed by atoms with Gasteiger partial charge in [0.1, 0.15) is 5.78 Å². The Balaban J connectivity index is 3.35. The number of rotatable bonds is 6. The van der Waals surface area contributed by atoms with Crippen LogP contribution in [0.4, 0.5) is 13.2 Å². The Hall–Kier alpha value is -0.190. The zero-order valence-electron chi connectivity index (χ0n) is 8.36. The number of hydrogen-bond donors (Lipinski definition) is 0. The van der Waals surface area contributed by atoms with Crippen LogP contribution in [0.2, 0.25) is 0 Å². The molecule has 0 aromatic carbocycles. The number of unbranched alkanes of at least 4 members (excludes halogenated alkanes) is 1. The lowest BCUT2D eigenvalue weighted by atomic mass is 10.0. The molecule has 0 saturated heterocycles. The third-order valence-electron chi connectivity index (χ3n) is 1.73. The molecule has 0 aromatic rings. The Morgan fingerprint density at radius 3 is 2.29 bits per heavy atom. The fraction of sp³-hybridized carbons (Fsp3) is 0.889. The first-order chi connectivity index (χ1) is 6.33. The van der Waals surface area contributed by atoms with Crippen LogP contribution in [0.5, 0.6) is 0 Å². The van der Waals surface area contributed by atoms with E-state index in [4.69, 9.17) is 0 Å². The number of hydrogen-bond acceptors (Lipinski definition) is 2. The third-order valence-corrected chi connectivity index (χ3v) is 2.55. The van der Waals surface area contributed by atoms with E-state index < -0.39 is 5.51 Å². The molecule has 5 heteroatoms. The maximum atomic E-state index is 11.7. The molecule has 1 nitrogen and oxygen atoms in total. The van der Waals surface area contributed by atoms with E-state index in [-0.39, 0.29) is 29.2 Å². The number of alkyl halides is 3. The molecule has 0 aliphatic rings. The van der Waals surface area contributed by atoms with Crippen LogP contribution in [0.3, 0.4) is 0 Å². The van der Waals surface area contributed by atoms with Crippen molar-refractivity contribution < 1.29 is 18.0 Å². The van der Waals surface area contributed by atoms with Gasteiger partial charge < -0.3 is 0 Å². The molecule has 0 aromatic heterocycles. The molecular weight excluding hydrogens is 213 g/mol. The molecule has 0 aliphatic heterocycles. The van der Waals surface area contributed by atoms with Crippen molar-refractivity contribution in [2.45, 2.75) is 38.6 Å². The van der Waals surface area contributed by atoms with Crippen LogP contribution in [-0.2, 0) is 4.79 Å². The Bertz CT molecular complexity index is 177. The summed E-state index contributed by atoms with van der Waals surface area (Å²) in [6.45, 7) is 3.60. The zero-order chi connectivity index (χ0) is 11.2. The highest BCUT2D eigenvalue weighted by molar-refractivity contribution is 8.00. The molecule has 14 heavy (non-hydrogen) atoms. The average Bonchev–Trinajstić information content (AvgIpc) is 2.01. The topological polar surface area (TPSA) is 17.1 Å². The van der Waals surface area contributed by atoms with Gasteiger partial charge in [0.15, 0.2) is 0 Å². The number of carbonyl (C=O) groups excluding carboxylic acids is 1. The van der Waals surface area contributed by atoms with E-state index in [1.807, 2.05) is 0 Å². The van der Waals surface area contributed by atoms with Crippen LogP contribution in [0.25, 0.3) is 0 Å². The standard InChI is InChI=1S/C9H15F3OS/c1-7(2)8(13)5-3-4-6-14-9(10,11)12/h7H,3-6H2,1-2H3. The summed E-state index contributed by atoms with van der Waals surface area (Å²) in [5, 5.41) is 0. The van der Waals surface area contributed by atoms with Gasteiger partial charge in [0.05, 0.1) is 0 Å². The second kappa shape index (κ2) is 6.32. The largest absolute Gasteiger partial charge is 0.441 e. The van der Waals surface area contributed by atoms with E-state index in [2.05, 4.69) is 0 Å². The molecule has 84 valence electrons. The fourth-order valence-electron chi connectivity index (χ4n) is 0.878. The summed E-state index contributed by atoms with van der Waals surface area (Å²) < 4.78 is 35.0. The second-order valence-electron chi connectivity index (χ2n) is 3.37. The smallest absolute Gasteiger partial charge is 0.299 e. The minimum Gasteiger partial charge on any atom is -0.299 e. The van der Waals surface area contributed by atoms with Crippen molar-refractivity contribution >= 4 is 17.5 Å². The van der Waals surface area contributed by atoms with Crippen molar-refractivity contribution in [2.75, 3.05) is 5.75 Å². The Morgan fingerprint density at radius 2 is 1.86 bits per heavy atom. The van der Waals surface area contributed by atoms with Crippen LogP contribution in [0.15, 0.2) is 0 Å². The number of Topliss-reactive ketones (excluding diaryl/α,β-unsaturated/α-hetero) is 1. The van der Waals surface area contributed by atoms with Gasteiger partial charge in [-0.1, -0.05) is 25.6 Å². The Morgan fingerprint density at radius 1 is 1.29 bits per heavy atom. The molecule has 0 aliphatic carbocycles. The third kappa shape index (κ3) is 8.41. The SMILES string of the molecule is CC(C)C(=O)CCCCSC(F)(F)F. The summed E-state index contributed by atoms with van der Waals surface area (Å²) in [6, 6.07) is 0. The molecule has 0 amide bonds. The van der Waals surface area contributed by atoms with Crippen LogP contribution in [0.1, 0.15) is 33.1 Å². The van der Waals surface area contributed by atoms with Gasteiger partial charge in [0, 0.05) is 18.1 Å². The summed E-state index contributed by atoms with van der Waals surface area (Å²) in [6.07, 6.45) is 1.40. The Kier molecular flexibility index (Phi) is 6.24. The Labute approximate surface area is 86.4 Å². The van der Waals surface area contributed by atoms with Gasteiger partial charge in [0.2, 0.25) is 0 Å². The lowest BCUT2D eigenvalue weighted by Crippen LogP contribution is -2.07. The van der Waals surface area contributed by atoms with Crippen molar-refractivity contribution in [1.82, 2.24) is 0 Å². The predicted octanol–water partition coefficient (Wildman–Crippen LogP) is 3.63. The zero-order valence-corrected chi connectivity index (χ0v) is 9.17. The highest BCUT2D eigenvalue weighted by Gasteiger charge is 2.27. The number of carbonyl (C=O) groups is 1. The molecule has 0 fully saturated rings. The first-order valence-electron chi connectivity index (χ1n) is 4.56. The van der Waals surface area contributed by atoms with Crippen molar-refractivity contribution in [3.05, 3.63) is 0 Å². The summed E-state index contributed by atoms with van der Waals surface area (Å²) >= 11 is -0.0177. The van der Waals surface area contributed by atoms with Gasteiger partial charge in [-0.25, -0.2) is 0 Å². The maximum absolute atomic E-state index is 11.7. The van der Waals surface area contributed by atoms with Gasteiger partial charge in [-0.15, -0.1) is 0 Å². The molecule has 0 radical (unpaired) electrons. The molecule has 0 heterocycles. The van der Waals surface area contributed by atoms with E-state index in [1.165, 1.54) is 0 Å². The van der Waals surface area contributed by atoms with Gasteiger partial charge >= 0.3 is 5.51 Å². The van der Waals surface area contributed by atoms with E-state index >= 15 is 0 Å². The van der Waals surface area contributed by atoms with Crippen molar-refractivity contribution in [3.63, 3.8) is 0 Å². The monoisotopic (exact) mass is 228 g/mol. The fourth-order valence-corrected chi connectivity index (χ4v) is 1.46. The molecule has 0 atom stereocenters. The van der Waals surface area contributed by atoms with E-state index in [0.29, 0.717) is 19.3 Å². The lowest BCUT2D eigenvalue weighted by Gasteiger charge is -2.05. The molecule has 0 unspecified atom stereocenters. The van der Waals surface area contributed by atoms with E-state index in [9.17, 15) is 18.0 Å². The highest BCUT2D eigenvalue weighted by Crippen LogP contribution is 2.30. The molecule has 0 bridgehead atoms. The number of halogens is 3. The van der Waals surface area contributed by atoms with Gasteiger partial charge in [-0.2, -0.15) is 13.2 Å². The molecule has 0 rings (SSSR count). The molecular formula is C9H15F3OS. The minimum atomic E-state index is -4.14. The van der Waals surface area contributed by atoms with Crippen LogP contribution in [0, 0.1) is 5.92 Å². The lowest BCUT2D eigenvalue weighted by molar-refractivity contribution is -0.121. The molecule has 0 N–H and O–H groups in total. The molecule has 0 saturated carbocycles. The van der Waals surface area contributed by atoms with Gasteiger partial charge in [0.25, 0.3) is 0 Å². The predicted molar refractivity (Wildman–Crippen MR) is 52.2 cm³/mol. The van der Waals surface area contributed by atoms with Gasteiger partial charge in [-0.3, -0.25) is 4.79 Å². The number of thioether (sulfide) groups is 1. The summed E-state index contributed by atoms with van der Waals surface area (Å²) in [5.41, 5.74) is -4.14. The van der Waals surface area contributed by atoms with E-state index in [1.54, 1.807) is 13.8 Å². The van der Waals surface area contributed by atoms with Crippen molar-refractivity contribution in [3.8, 4) is 0 Å². The van der Waals surface area contributed by atoms with Crippen molar-refractivity contribution in [1.29, 1.82) is 0 Å².